The van der Waals surface area contributed by atoms with E-state index in [-0.39, 0.29) is 24.0 Å². The van der Waals surface area contributed by atoms with Gasteiger partial charge in [-0.05, 0) is 55.3 Å². The highest BCUT2D eigenvalue weighted by molar-refractivity contribution is 5.89. The number of aryl methyl sites for hydroxylation is 1. The number of rotatable bonds is 5. The van der Waals surface area contributed by atoms with Gasteiger partial charge in [-0.1, -0.05) is 13.0 Å². The number of pyridine rings is 1. The second-order valence-electron chi connectivity index (χ2n) is 9.69. The van der Waals surface area contributed by atoms with Crippen LogP contribution < -0.4 is 4.74 Å². The molecule has 1 atom stereocenters. The third kappa shape index (κ3) is 3.67. The molecule has 0 radical (unpaired) electrons. The lowest BCUT2D eigenvalue weighted by Crippen LogP contribution is -2.55. The first-order valence-electron chi connectivity index (χ1n) is 12.2. The molecule has 1 spiro atoms. The lowest BCUT2D eigenvalue weighted by Gasteiger charge is -2.50. The lowest BCUT2D eigenvalue weighted by molar-refractivity contribution is -0.137. The first kappa shape index (κ1) is 22.9. The van der Waals surface area contributed by atoms with Crippen LogP contribution in [0.4, 0.5) is 0 Å². The molecule has 5 rings (SSSR count). The van der Waals surface area contributed by atoms with Gasteiger partial charge in [-0.3, -0.25) is 14.7 Å². The van der Waals surface area contributed by atoms with Crippen molar-refractivity contribution in [2.75, 3.05) is 33.4 Å². The van der Waals surface area contributed by atoms with E-state index in [9.17, 15) is 9.90 Å². The molecule has 7 nitrogen and oxygen atoms in total. The van der Waals surface area contributed by atoms with Gasteiger partial charge < -0.3 is 19.3 Å². The molecule has 1 saturated heterocycles. The summed E-state index contributed by atoms with van der Waals surface area (Å²) in [6.45, 7) is 5.28. The number of fused-ring (bicyclic) bond motifs is 4. The second-order valence-corrected chi connectivity index (χ2v) is 9.69. The van der Waals surface area contributed by atoms with E-state index >= 15 is 0 Å². The van der Waals surface area contributed by atoms with Crippen molar-refractivity contribution in [2.45, 2.75) is 44.2 Å². The molecular weight excluding hydrogens is 428 g/mol. The highest BCUT2D eigenvalue weighted by Gasteiger charge is 2.49. The van der Waals surface area contributed by atoms with Gasteiger partial charge in [-0.2, -0.15) is 0 Å². The van der Waals surface area contributed by atoms with Crippen LogP contribution in [0.5, 0.6) is 5.75 Å². The average molecular weight is 463 g/mol. The molecule has 2 aliphatic rings. The zero-order valence-electron chi connectivity index (χ0n) is 20.3. The number of ether oxygens (including phenoxy) is 1. The third-order valence-electron chi connectivity index (χ3n) is 7.89. The molecule has 2 aliphatic heterocycles. The van der Waals surface area contributed by atoms with Crippen LogP contribution in [0, 0.1) is 0 Å². The summed E-state index contributed by atoms with van der Waals surface area (Å²) in [5, 5.41) is 11.7. The van der Waals surface area contributed by atoms with Crippen LogP contribution in [-0.2, 0) is 23.8 Å². The summed E-state index contributed by atoms with van der Waals surface area (Å²) in [7, 11) is 3.73. The van der Waals surface area contributed by atoms with Crippen molar-refractivity contribution in [3.8, 4) is 5.75 Å². The molecule has 0 bridgehead atoms. The number of aliphatic hydroxyl groups excluding tert-OH is 1. The van der Waals surface area contributed by atoms with Gasteiger partial charge in [-0.25, -0.2) is 0 Å². The van der Waals surface area contributed by atoms with E-state index in [2.05, 4.69) is 39.7 Å². The predicted octanol–water partition coefficient (Wildman–Crippen LogP) is 3.40. The minimum atomic E-state index is -0.329. The Morgan fingerprint density at radius 2 is 2.06 bits per heavy atom. The van der Waals surface area contributed by atoms with E-state index in [1.54, 1.807) is 7.11 Å². The van der Waals surface area contributed by atoms with Crippen LogP contribution in [-0.4, -0.2) is 63.7 Å². The number of aromatic nitrogens is 2. The maximum atomic E-state index is 13.1. The fourth-order valence-electron chi connectivity index (χ4n) is 6.12. The van der Waals surface area contributed by atoms with Crippen LogP contribution in [0.25, 0.3) is 10.9 Å². The van der Waals surface area contributed by atoms with Crippen molar-refractivity contribution in [1.29, 1.82) is 0 Å². The Labute approximate surface area is 200 Å². The van der Waals surface area contributed by atoms with Gasteiger partial charge >= 0.3 is 0 Å². The van der Waals surface area contributed by atoms with Gasteiger partial charge in [0.1, 0.15) is 5.75 Å². The maximum Gasteiger partial charge on any atom is 0.222 e. The summed E-state index contributed by atoms with van der Waals surface area (Å²) in [5.41, 5.74) is 4.56. The number of benzene rings is 1. The smallest absolute Gasteiger partial charge is 0.222 e. The van der Waals surface area contributed by atoms with Crippen LogP contribution in [0.1, 0.15) is 49.0 Å². The summed E-state index contributed by atoms with van der Waals surface area (Å²) in [6, 6.07) is 10.0. The number of hydrogen-bond donors (Lipinski definition) is 1. The van der Waals surface area contributed by atoms with Crippen molar-refractivity contribution in [3.63, 3.8) is 0 Å². The predicted molar refractivity (Wildman–Crippen MR) is 132 cm³/mol. The molecule has 0 saturated carbocycles. The van der Waals surface area contributed by atoms with Gasteiger partial charge in [0.15, 0.2) is 0 Å². The summed E-state index contributed by atoms with van der Waals surface area (Å²) >= 11 is 0. The quantitative estimate of drug-likeness (QED) is 0.629. The van der Waals surface area contributed by atoms with Gasteiger partial charge in [0.25, 0.3) is 0 Å². The van der Waals surface area contributed by atoms with E-state index < -0.39 is 0 Å². The van der Waals surface area contributed by atoms with Crippen LogP contribution >= 0.6 is 0 Å². The zero-order chi connectivity index (χ0) is 23.9. The summed E-state index contributed by atoms with van der Waals surface area (Å²) in [5.74, 6) is 0.914. The fourth-order valence-corrected chi connectivity index (χ4v) is 6.12. The fraction of sp³-hybridized carbons (Fsp3) is 0.481. The maximum absolute atomic E-state index is 13.1. The second kappa shape index (κ2) is 9.04. The first-order chi connectivity index (χ1) is 16.5. The topological polar surface area (TPSA) is 70.8 Å². The number of nitrogens with zero attached hydrogens (tertiary/aromatic N) is 4. The standard InChI is InChI=1S/C27H34N4O3/c1-4-24(33)31-18-27(9-12-30(13-10-27)16-19-6-5-11-28-15-19)25-21-8-7-20(34-3)14-22(21)29(2)26(25)23(31)17-32/h5-8,11,14-15,23,32H,4,9-10,12-13,16-18H2,1-3H3/t23-/m1/s1. The molecule has 1 N–H and O–H groups in total. The molecule has 1 fully saturated rings. The van der Waals surface area contributed by atoms with Crippen molar-refractivity contribution in [1.82, 2.24) is 19.4 Å². The number of likely N-dealkylation sites (tertiary alicyclic amines) is 1. The van der Waals surface area contributed by atoms with Gasteiger partial charge in [0, 0.05) is 61.5 Å². The number of methoxy groups -OCH3 is 1. The minimum Gasteiger partial charge on any atom is -0.497 e. The molecule has 3 aromatic rings. The SMILES string of the molecule is CCC(=O)N1CC2(CCN(Cc3cccnc3)CC2)c2c(n(C)c3cc(OC)ccc23)[C@H]1CO. The van der Waals surface area contributed by atoms with Crippen LogP contribution in [0.15, 0.2) is 42.7 Å². The van der Waals surface area contributed by atoms with E-state index in [0.717, 1.165) is 49.4 Å². The number of carbonyl (C=O) groups is 1. The number of piperidine rings is 1. The Balaban J connectivity index is 1.58. The number of aliphatic hydroxyl groups is 1. The van der Waals surface area contributed by atoms with Crippen molar-refractivity contribution in [2.24, 2.45) is 7.05 Å². The molecule has 0 unspecified atom stereocenters. The Kier molecular flexibility index (Phi) is 6.08. The molecule has 0 aliphatic carbocycles. The van der Waals surface area contributed by atoms with Crippen molar-refractivity contribution >= 4 is 16.8 Å². The average Bonchev–Trinajstić information content (AvgIpc) is 3.18. The molecule has 34 heavy (non-hydrogen) atoms. The monoisotopic (exact) mass is 462 g/mol. The van der Waals surface area contributed by atoms with E-state index in [1.165, 1.54) is 16.5 Å². The Morgan fingerprint density at radius 3 is 2.71 bits per heavy atom. The Hall–Kier alpha value is -2.90. The summed E-state index contributed by atoms with van der Waals surface area (Å²) in [4.78, 5) is 21.8. The largest absolute Gasteiger partial charge is 0.497 e. The molecule has 4 heterocycles. The Bertz CT molecular complexity index is 1180. The van der Waals surface area contributed by atoms with Crippen LogP contribution in [0.2, 0.25) is 0 Å². The highest BCUT2D eigenvalue weighted by Crippen LogP contribution is 2.50. The number of amides is 1. The molecule has 2 aromatic heterocycles. The molecule has 1 amide bonds. The normalized spacial score (nSPS) is 20.0. The van der Waals surface area contributed by atoms with Crippen molar-refractivity contribution in [3.05, 3.63) is 59.5 Å². The molecule has 1 aromatic carbocycles. The van der Waals surface area contributed by atoms with E-state index in [1.807, 2.05) is 36.4 Å². The molecule has 7 heteroatoms. The van der Waals surface area contributed by atoms with Crippen molar-refractivity contribution < 1.29 is 14.6 Å². The summed E-state index contributed by atoms with van der Waals surface area (Å²) in [6.07, 6.45) is 6.13. The van der Waals surface area contributed by atoms with Gasteiger partial charge in [-0.15, -0.1) is 0 Å². The number of carbonyl (C=O) groups excluding carboxylic acids is 1. The molecular formula is C27H34N4O3. The first-order valence-corrected chi connectivity index (χ1v) is 12.2. The van der Waals surface area contributed by atoms with E-state index in [0.29, 0.717) is 13.0 Å². The highest BCUT2D eigenvalue weighted by atomic mass is 16.5. The Morgan fingerprint density at radius 1 is 1.26 bits per heavy atom. The number of hydrogen-bond acceptors (Lipinski definition) is 5. The lowest BCUT2D eigenvalue weighted by atomic mass is 9.68. The third-order valence-corrected chi connectivity index (χ3v) is 7.89. The van der Waals surface area contributed by atoms with E-state index in [4.69, 9.17) is 4.74 Å². The summed E-state index contributed by atoms with van der Waals surface area (Å²) < 4.78 is 7.68. The molecule has 180 valence electrons. The van der Waals surface area contributed by atoms with Crippen LogP contribution in [0.3, 0.4) is 0 Å². The minimum absolute atomic E-state index is 0.0801. The van der Waals surface area contributed by atoms with Gasteiger partial charge in [0.05, 0.1) is 25.3 Å². The zero-order valence-corrected chi connectivity index (χ0v) is 20.3. The van der Waals surface area contributed by atoms with Gasteiger partial charge in [0.2, 0.25) is 5.91 Å².